The van der Waals surface area contributed by atoms with E-state index in [1.165, 1.54) is 6.07 Å². The quantitative estimate of drug-likeness (QED) is 0.617. The van der Waals surface area contributed by atoms with Gasteiger partial charge in [-0.05, 0) is 0 Å². The minimum absolute atomic E-state index is 0.138. The van der Waals surface area contributed by atoms with Gasteiger partial charge in [0.2, 0.25) is 0 Å². The summed E-state index contributed by atoms with van der Waals surface area (Å²) in [5.74, 6) is -0.138. The van der Waals surface area contributed by atoms with E-state index in [0.717, 1.165) is 4.46 Å². The van der Waals surface area contributed by atoms with Crippen molar-refractivity contribution in [1.29, 1.82) is 0 Å². The summed E-state index contributed by atoms with van der Waals surface area (Å²) in [5, 5.41) is 0. The van der Waals surface area contributed by atoms with Gasteiger partial charge in [0.05, 0.1) is 0 Å². The summed E-state index contributed by atoms with van der Waals surface area (Å²) in [4.78, 5) is 0. The van der Waals surface area contributed by atoms with Crippen LogP contribution >= 0.6 is 0 Å². The van der Waals surface area contributed by atoms with Gasteiger partial charge in [-0.3, -0.25) is 0 Å². The molecule has 3 heteroatoms. The molecule has 0 aromatic heterocycles. The standard InChI is InChI=1S/C6H5FSe2/c7-5-2-1-3-6(4-5)9-8/h1-4,8H. The van der Waals surface area contributed by atoms with Crippen molar-refractivity contribution in [3.05, 3.63) is 30.1 Å². The van der Waals surface area contributed by atoms with Crippen LogP contribution in [0.3, 0.4) is 0 Å². The van der Waals surface area contributed by atoms with Gasteiger partial charge in [-0.25, -0.2) is 0 Å². The molecule has 0 fully saturated rings. The fourth-order valence-corrected chi connectivity index (χ4v) is 2.40. The molecule has 0 nitrogen and oxygen atoms in total. The third kappa shape index (κ3) is 2.11. The molecule has 0 spiro atoms. The van der Waals surface area contributed by atoms with Gasteiger partial charge in [0.25, 0.3) is 0 Å². The second kappa shape index (κ2) is 3.38. The first-order valence-electron chi connectivity index (χ1n) is 2.40. The Balaban J connectivity index is 2.94. The second-order valence-corrected chi connectivity index (χ2v) is 4.91. The Morgan fingerprint density at radius 2 is 2.22 bits per heavy atom. The molecular weight excluding hydrogens is 249 g/mol. The molecule has 0 saturated heterocycles. The van der Waals surface area contributed by atoms with Crippen LogP contribution in [0.15, 0.2) is 24.3 Å². The summed E-state index contributed by atoms with van der Waals surface area (Å²) in [6.07, 6.45) is 0. The Morgan fingerprint density at radius 3 is 2.67 bits per heavy atom. The molecule has 0 heterocycles. The molecule has 48 valence electrons. The van der Waals surface area contributed by atoms with Crippen molar-refractivity contribution >= 4 is 31.8 Å². The van der Waals surface area contributed by atoms with Crippen LogP contribution in [0.2, 0.25) is 0 Å². The van der Waals surface area contributed by atoms with Gasteiger partial charge in [-0.15, -0.1) is 0 Å². The summed E-state index contributed by atoms with van der Waals surface area (Å²) in [5.41, 5.74) is 0. The van der Waals surface area contributed by atoms with Gasteiger partial charge in [0.15, 0.2) is 0 Å². The number of rotatable bonds is 1. The van der Waals surface area contributed by atoms with E-state index in [1.807, 2.05) is 6.07 Å². The zero-order chi connectivity index (χ0) is 6.69. The SMILES string of the molecule is Fc1cccc([Se][SeH])c1. The third-order valence-corrected chi connectivity index (χ3v) is 4.17. The number of hydrogen-bond acceptors (Lipinski definition) is 0. The molecular formula is C6H5FSe2. The Kier molecular flexibility index (Phi) is 2.74. The zero-order valence-corrected chi connectivity index (χ0v) is 8.13. The molecule has 0 radical (unpaired) electrons. The average Bonchev–Trinajstić information content (AvgIpc) is 1.88. The fourth-order valence-electron chi connectivity index (χ4n) is 0.524. The first kappa shape index (κ1) is 7.30. The van der Waals surface area contributed by atoms with E-state index in [2.05, 4.69) is 14.2 Å². The Hall–Kier alpha value is 0.189. The van der Waals surface area contributed by atoms with E-state index in [9.17, 15) is 4.39 Å². The number of hydrogen-bond donors (Lipinski definition) is 0. The summed E-state index contributed by atoms with van der Waals surface area (Å²) < 4.78 is 13.4. The summed E-state index contributed by atoms with van der Waals surface area (Å²) in [6.45, 7) is 0. The topological polar surface area (TPSA) is 0 Å². The van der Waals surface area contributed by atoms with E-state index in [4.69, 9.17) is 0 Å². The number of halogens is 1. The van der Waals surface area contributed by atoms with Crippen LogP contribution in [0.4, 0.5) is 4.39 Å². The van der Waals surface area contributed by atoms with Gasteiger partial charge in [0.1, 0.15) is 0 Å². The molecule has 0 aliphatic carbocycles. The van der Waals surface area contributed by atoms with Gasteiger partial charge in [-0.2, -0.15) is 0 Å². The first-order chi connectivity index (χ1) is 4.33. The van der Waals surface area contributed by atoms with E-state index < -0.39 is 0 Å². The summed E-state index contributed by atoms with van der Waals surface area (Å²) in [6, 6.07) is 6.70. The molecule has 1 rings (SSSR count). The van der Waals surface area contributed by atoms with Crippen molar-refractivity contribution in [2.75, 3.05) is 0 Å². The van der Waals surface area contributed by atoms with Crippen molar-refractivity contribution in [3.8, 4) is 0 Å². The molecule has 0 bridgehead atoms. The molecule has 0 saturated carbocycles. The fraction of sp³-hybridized carbons (Fsp3) is 0. The van der Waals surface area contributed by atoms with Crippen molar-refractivity contribution in [2.24, 2.45) is 0 Å². The van der Waals surface area contributed by atoms with Crippen molar-refractivity contribution < 1.29 is 4.39 Å². The van der Waals surface area contributed by atoms with Crippen LogP contribution < -0.4 is 4.46 Å². The molecule has 9 heavy (non-hydrogen) atoms. The van der Waals surface area contributed by atoms with Gasteiger partial charge < -0.3 is 0 Å². The average molecular weight is 254 g/mol. The van der Waals surface area contributed by atoms with Crippen molar-refractivity contribution in [1.82, 2.24) is 0 Å². The predicted octanol–water partition coefficient (Wildman–Crippen LogP) is -0.0290. The van der Waals surface area contributed by atoms with E-state index >= 15 is 0 Å². The first-order valence-corrected chi connectivity index (χ1v) is 8.00. The van der Waals surface area contributed by atoms with Gasteiger partial charge >= 0.3 is 66.3 Å². The third-order valence-electron chi connectivity index (χ3n) is 0.901. The Bertz CT molecular complexity index is 200. The van der Waals surface area contributed by atoms with Crippen LogP contribution in [0.25, 0.3) is 0 Å². The molecule has 0 aliphatic heterocycles. The van der Waals surface area contributed by atoms with E-state index in [-0.39, 0.29) is 5.82 Å². The monoisotopic (exact) mass is 256 g/mol. The minimum atomic E-state index is -0.138. The molecule has 0 N–H and O–H groups in total. The summed E-state index contributed by atoms with van der Waals surface area (Å²) >= 11 is 2.83. The van der Waals surface area contributed by atoms with E-state index in [1.54, 1.807) is 12.1 Å². The Morgan fingerprint density at radius 1 is 1.44 bits per heavy atom. The molecule has 1 aromatic carbocycles. The van der Waals surface area contributed by atoms with Crippen LogP contribution in [0, 0.1) is 5.82 Å². The van der Waals surface area contributed by atoms with Crippen molar-refractivity contribution in [2.45, 2.75) is 0 Å². The van der Waals surface area contributed by atoms with Crippen LogP contribution in [-0.4, -0.2) is 27.3 Å². The van der Waals surface area contributed by atoms with Crippen molar-refractivity contribution in [3.63, 3.8) is 0 Å². The Labute approximate surface area is 66.4 Å². The van der Waals surface area contributed by atoms with Crippen LogP contribution in [-0.2, 0) is 0 Å². The molecule has 0 amide bonds. The number of benzene rings is 1. The predicted molar refractivity (Wildman–Crippen MR) is 38.9 cm³/mol. The van der Waals surface area contributed by atoms with Crippen LogP contribution in [0.1, 0.15) is 0 Å². The molecule has 0 unspecified atom stereocenters. The van der Waals surface area contributed by atoms with Gasteiger partial charge in [-0.1, -0.05) is 0 Å². The maximum atomic E-state index is 12.4. The maximum absolute atomic E-state index is 12.4. The molecule has 0 aliphatic rings. The normalized spacial score (nSPS) is 9.56. The zero-order valence-electron chi connectivity index (χ0n) is 4.54. The van der Waals surface area contributed by atoms with Crippen LogP contribution in [0.5, 0.6) is 0 Å². The second-order valence-electron chi connectivity index (χ2n) is 1.55. The molecule has 0 atom stereocenters. The van der Waals surface area contributed by atoms with E-state index in [0.29, 0.717) is 13.1 Å². The summed E-state index contributed by atoms with van der Waals surface area (Å²) in [7, 11) is 0. The van der Waals surface area contributed by atoms with Gasteiger partial charge in [0, 0.05) is 0 Å². The molecule has 1 aromatic rings.